The Balaban J connectivity index is 1.67. The number of hydrogen-bond donors (Lipinski definition) is 2. The summed E-state index contributed by atoms with van der Waals surface area (Å²) >= 11 is 1.80. The van der Waals surface area contributed by atoms with Crippen molar-refractivity contribution >= 4 is 44.7 Å². The molecule has 0 aliphatic heterocycles. The maximum atomic E-state index is 11.1. The number of aromatic nitrogens is 2. The number of rotatable bonds is 3. The van der Waals surface area contributed by atoms with Crippen molar-refractivity contribution in [2.24, 2.45) is 5.92 Å². The summed E-state index contributed by atoms with van der Waals surface area (Å²) in [5.74, 6) is 1.50. The van der Waals surface area contributed by atoms with Crippen LogP contribution in [0.4, 0.5) is 17.2 Å². The van der Waals surface area contributed by atoms with E-state index in [2.05, 4.69) is 27.5 Å². The molecule has 1 atom stereocenters. The van der Waals surface area contributed by atoms with Crippen LogP contribution in [0.3, 0.4) is 0 Å². The van der Waals surface area contributed by atoms with E-state index in [9.17, 15) is 4.79 Å². The van der Waals surface area contributed by atoms with Gasteiger partial charge in [0.05, 0.1) is 5.39 Å². The first-order valence-electron chi connectivity index (χ1n) is 8.50. The van der Waals surface area contributed by atoms with Gasteiger partial charge in [0.1, 0.15) is 17.0 Å². The van der Waals surface area contributed by atoms with Crippen LogP contribution in [-0.2, 0) is 17.6 Å². The molecule has 2 heterocycles. The van der Waals surface area contributed by atoms with Crippen molar-refractivity contribution in [3.8, 4) is 0 Å². The van der Waals surface area contributed by atoms with Crippen molar-refractivity contribution in [2.75, 3.05) is 10.6 Å². The van der Waals surface area contributed by atoms with Crippen molar-refractivity contribution in [1.29, 1.82) is 0 Å². The SMILES string of the molecule is CC(=O)Nc1ccc(Nc2ncnc3sc4c(c23)CC(C)CC4)cc1. The quantitative estimate of drug-likeness (QED) is 0.727. The Hall–Kier alpha value is -2.47. The minimum absolute atomic E-state index is 0.0720. The van der Waals surface area contributed by atoms with E-state index >= 15 is 0 Å². The topological polar surface area (TPSA) is 66.9 Å². The third-order valence-electron chi connectivity index (χ3n) is 4.56. The molecule has 1 unspecified atom stereocenters. The van der Waals surface area contributed by atoms with Crippen molar-refractivity contribution in [3.05, 3.63) is 41.0 Å². The van der Waals surface area contributed by atoms with E-state index in [1.807, 2.05) is 24.3 Å². The first kappa shape index (κ1) is 16.0. The number of nitrogens with one attached hydrogen (secondary N) is 2. The van der Waals surface area contributed by atoms with Gasteiger partial charge in [0.15, 0.2) is 0 Å². The summed E-state index contributed by atoms with van der Waals surface area (Å²) < 4.78 is 0. The smallest absolute Gasteiger partial charge is 0.221 e. The fourth-order valence-electron chi connectivity index (χ4n) is 3.35. The molecule has 2 N–H and O–H groups in total. The van der Waals surface area contributed by atoms with E-state index in [1.165, 1.54) is 29.2 Å². The molecule has 1 amide bonds. The second-order valence-electron chi connectivity index (χ2n) is 6.64. The molecular formula is C19H20N4OS. The summed E-state index contributed by atoms with van der Waals surface area (Å²) in [5, 5.41) is 7.36. The number of thiophene rings is 1. The molecule has 1 aromatic carbocycles. The second kappa shape index (κ2) is 6.44. The van der Waals surface area contributed by atoms with Gasteiger partial charge in [0.25, 0.3) is 0 Å². The van der Waals surface area contributed by atoms with Crippen LogP contribution < -0.4 is 10.6 Å². The number of carbonyl (C=O) groups is 1. The van der Waals surface area contributed by atoms with Crippen LogP contribution in [0.5, 0.6) is 0 Å². The van der Waals surface area contributed by atoms with E-state index in [4.69, 9.17) is 0 Å². The average molecular weight is 352 g/mol. The maximum Gasteiger partial charge on any atom is 0.221 e. The molecule has 128 valence electrons. The van der Waals surface area contributed by atoms with E-state index in [-0.39, 0.29) is 5.91 Å². The molecule has 1 aliphatic rings. The summed E-state index contributed by atoms with van der Waals surface area (Å²) in [7, 11) is 0. The van der Waals surface area contributed by atoms with Gasteiger partial charge >= 0.3 is 0 Å². The molecule has 5 nitrogen and oxygen atoms in total. The number of hydrogen-bond acceptors (Lipinski definition) is 5. The van der Waals surface area contributed by atoms with Crippen molar-refractivity contribution < 1.29 is 4.79 Å². The Labute approximate surface area is 150 Å². The standard InChI is InChI=1S/C19H20N4OS/c1-11-3-8-16-15(9-11)17-18(20-10-21-19(17)25-16)23-14-6-4-13(5-7-14)22-12(2)24/h4-7,10-11H,3,8-9H2,1-2H3,(H,22,24)(H,20,21,23). The molecule has 0 bridgehead atoms. The molecular weight excluding hydrogens is 332 g/mol. The molecule has 2 aromatic heterocycles. The fraction of sp³-hybridized carbons (Fsp3) is 0.316. The third-order valence-corrected chi connectivity index (χ3v) is 5.76. The molecule has 0 saturated heterocycles. The summed E-state index contributed by atoms with van der Waals surface area (Å²) in [6.07, 6.45) is 5.11. The number of carbonyl (C=O) groups excluding carboxylic acids is 1. The molecule has 4 rings (SSSR count). The maximum absolute atomic E-state index is 11.1. The molecule has 0 saturated carbocycles. The first-order chi connectivity index (χ1) is 12.1. The molecule has 1 aliphatic carbocycles. The van der Waals surface area contributed by atoms with Crippen LogP contribution in [0.25, 0.3) is 10.2 Å². The highest BCUT2D eigenvalue weighted by atomic mass is 32.1. The number of benzene rings is 1. The number of anilines is 3. The molecule has 0 radical (unpaired) electrons. The molecule has 25 heavy (non-hydrogen) atoms. The monoisotopic (exact) mass is 352 g/mol. The van der Waals surface area contributed by atoms with Gasteiger partial charge in [-0.3, -0.25) is 4.79 Å². The second-order valence-corrected chi connectivity index (χ2v) is 7.72. The van der Waals surface area contributed by atoms with Crippen molar-refractivity contribution in [1.82, 2.24) is 9.97 Å². The summed E-state index contributed by atoms with van der Waals surface area (Å²) in [6.45, 7) is 3.81. The van der Waals surface area contributed by atoms with E-state index in [1.54, 1.807) is 17.7 Å². The summed E-state index contributed by atoms with van der Waals surface area (Å²) in [5.41, 5.74) is 3.14. The Morgan fingerprint density at radius 1 is 1.20 bits per heavy atom. The van der Waals surface area contributed by atoms with Gasteiger partial charge in [0.2, 0.25) is 5.91 Å². The largest absolute Gasteiger partial charge is 0.340 e. The Kier molecular flexibility index (Phi) is 4.13. The predicted molar refractivity (Wildman–Crippen MR) is 103 cm³/mol. The van der Waals surface area contributed by atoms with Gasteiger partial charge < -0.3 is 10.6 Å². The summed E-state index contributed by atoms with van der Waals surface area (Å²) in [4.78, 5) is 22.6. The molecule has 0 spiro atoms. The highest BCUT2D eigenvalue weighted by Gasteiger charge is 2.23. The van der Waals surface area contributed by atoms with E-state index in [0.717, 1.165) is 34.9 Å². The fourth-order valence-corrected chi connectivity index (χ4v) is 4.54. The van der Waals surface area contributed by atoms with Crippen molar-refractivity contribution in [3.63, 3.8) is 0 Å². The van der Waals surface area contributed by atoms with Gasteiger partial charge in [-0.1, -0.05) is 6.92 Å². The van der Waals surface area contributed by atoms with E-state index in [0.29, 0.717) is 5.92 Å². The lowest BCUT2D eigenvalue weighted by atomic mass is 9.88. The minimum atomic E-state index is -0.0720. The van der Waals surface area contributed by atoms with Crippen LogP contribution in [0, 0.1) is 5.92 Å². The zero-order valence-electron chi connectivity index (χ0n) is 14.3. The van der Waals surface area contributed by atoms with Crippen LogP contribution >= 0.6 is 11.3 Å². The zero-order chi connectivity index (χ0) is 17.4. The van der Waals surface area contributed by atoms with Crippen molar-refractivity contribution in [2.45, 2.75) is 33.1 Å². The van der Waals surface area contributed by atoms with Gasteiger partial charge in [-0.05, 0) is 55.0 Å². The summed E-state index contributed by atoms with van der Waals surface area (Å²) in [6, 6.07) is 7.65. The van der Waals surface area contributed by atoms with E-state index < -0.39 is 0 Å². The number of amides is 1. The van der Waals surface area contributed by atoms with Crippen LogP contribution in [-0.4, -0.2) is 15.9 Å². The van der Waals surface area contributed by atoms with Gasteiger partial charge in [-0.2, -0.15) is 0 Å². The highest BCUT2D eigenvalue weighted by Crippen LogP contribution is 2.40. The van der Waals surface area contributed by atoms with Crippen LogP contribution in [0.2, 0.25) is 0 Å². The van der Waals surface area contributed by atoms with Gasteiger partial charge in [0, 0.05) is 23.2 Å². The molecule has 0 fully saturated rings. The predicted octanol–water partition coefficient (Wildman–Crippen LogP) is 4.52. The zero-order valence-corrected chi connectivity index (χ0v) is 15.1. The number of aryl methyl sites for hydroxylation is 1. The molecule has 6 heteroatoms. The number of nitrogens with zero attached hydrogens (tertiary/aromatic N) is 2. The number of fused-ring (bicyclic) bond motifs is 3. The lowest BCUT2D eigenvalue weighted by Crippen LogP contribution is -2.09. The Morgan fingerprint density at radius 2 is 1.96 bits per heavy atom. The lowest BCUT2D eigenvalue weighted by molar-refractivity contribution is -0.114. The first-order valence-corrected chi connectivity index (χ1v) is 9.31. The highest BCUT2D eigenvalue weighted by molar-refractivity contribution is 7.19. The average Bonchev–Trinajstić information content (AvgIpc) is 2.95. The van der Waals surface area contributed by atoms with Gasteiger partial charge in [-0.15, -0.1) is 11.3 Å². The normalized spacial score (nSPS) is 16.5. The van der Waals surface area contributed by atoms with Crippen LogP contribution in [0.15, 0.2) is 30.6 Å². The Bertz CT molecular complexity index is 932. The Morgan fingerprint density at radius 3 is 2.72 bits per heavy atom. The molecule has 3 aromatic rings. The lowest BCUT2D eigenvalue weighted by Gasteiger charge is -2.18. The van der Waals surface area contributed by atoms with Gasteiger partial charge in [-0.25, -0.2) is 9.97 Å². The third kappa shape index (κ3) is 3.22. The minimum Gasteiger partial charge on any atom is -0.340 e. The van der Waals surface area contributed by atoms with Crippen LogP contribution in [0.1, 0.15) is 30.7 Å².